The van der Waals surface area contributed by atoms with E-state index in [4.69, 9.17) is 4.42 Å². The Balaban J connectivity index is 1.70. The van der Waals surface area contributed by atoms with Gasteiger partial charge in [0.1, 0.15) is 0 Å². The first-order valence-corrected chi connectivity index (χ1v) is 7.00. The highest BCUT2D eigenvalue weighted by molar-refractivity contribution is 5.53. The summed E-state index contributed by atoms with van der Waals surface area (Å²) in [7, 11) is 0. The summed E-state index contributed by atoms with van der Waals surface area (Å²) in [6, 6.07) is 8.02. The zero-order chi connectivity index (χ0) is 13.9. The van der Waals surface area contributed by atoms with Gasteiger partial charge in [0.15, 0.2) is 0 Å². The van der Waals surface area contributed by atoms with Crippen LogP contribution in [0.2, 0.25) is 0 Å². The molecule has 1 N–H and O–H groups in total. The number of aromatic nitrogens is 2. The minimum atomic E-state index is -0.233. The number of nitrogens with zero attached hydrogens (tertiary/aromatic N) is 3. The number of hydrogen-bond acceptors (Lipinski definition) is 5. The molecule has 5 heteroatoms. The molecule has 2 aromatic rings. The van der Waals surface area contributed by atoms with E-state index < -0.39 is 0 Å². The second kappa shape index (κ2) is 5.73. The minimum absolute atomic E-state index is 0.233. The van der Waals surface area contributed by atoms with Crippen LogP contribution in [0.1, 0.15) is 24.3 Å². The number of aryl methyl sites for hydroxylation is 1. The van der Waals surface area contributed by atoms with Crippen LogP contribution >= 0.6 is 0 Å². The molecule has 1 aliphatic rings. The van der Waals surface area contributed by atoms with Gasteiger partial charge in [0, 0.05) is 12.1 Å². The Kier molecular flexibility index (Phi) is 3.80. The van der Waals surface area contributed by atoms with Crippen LogP contribution in [0.4, 0.5) is 0 Å². The van der Waals surface area contributed by atoms with Gasteiger partial charge in [0.25, 0.3) is 0 Å². The Labute approximate surface area is 118 Å². The lowest BCUT2D eigenvalue weighted by atomic mass is 10.1. The van der Waals surface area contributed by atoms with Crippen molar-refractivity contribution >= 4 is 0 Å². The number of rotatable bonds is 3. The van der Waals surface area contributed by atoms with Crippen molar-refractivity contribution in [1.82, 2.24) is 15.1 Å². The normalized spacial score (nSPS) is 20.2. The molecular weight excluding hydrogens is 254 g/mol. The number of hydrogen-bond donors (Lipinski definition) is 1. The lowest BCUT2D eigenvalue weighted by Gasteiger charge is -2.28. The average molecular weight is 273 g/mol. The first-order valence-electron chi connectivity index (χ1n) is 7.00. The molecular formula is C15H19N3O2. The predicted octanol–water partition coefficient (Wildman–Crippen LogP) is 2.00. The van der Waals surface area contributed by atoms with Crippen molar-refractivity contribution in [3.05, 3.63) is 35.7 Å². The van der Waals surface area contributed by atoms with E-state index in [0.717, 1.165) is 24.9 Å². The van der Waals surface area contributed by atoms with Gasteiger partial charge in [-0.1, -0.05) is 17.7 Å². The summed E-state index contributed by atoms with van der Waals surface area (Å²) in [5.74, 6) is 1.16. The number of β-amino-alcohol motifs (C(OH)–C–C–N with tert-alkyl or cyclic N) is 1. The van der Waals surface area contributed by atoms with Gasteiger partial charge >= 0.3 is 0 Å². The summed E-state index contributed by atoms with van der Waals surface area (Å²) in [5, 5.41) is 17.9. The van der Waals surface area contributed by atoms with Gasteiger partial charge in [-0.15, -0.1) is 10.2 Å². The molecule has 1 fully saturated rings. The van der Waals surface area contributed by atoms with E-state index in [0.29, 0.717) is 24.9 Å². The van der Waals surface area contributed by atoms with E-state index in [9.17, 15) is 5.11 Å². The fourth-order valence-corrected chi connectivity index (χ4v) is 2.58. The van der Waals surface area contributed by atoms with Gasteiger partial charge in [-0.3, -0.25) is 4.90 Å². The van der Waals surface area contributed by atoms with Crippen LogP contribution in [-0.2, 0) is 6.54 Å². The molecule has 0 aliphatic carbocycles. The lowest BCUT2D eigenvalue weighted by molar-refractivity contribution is 0.0625. The third-order valence-electron chi connectivity index (χ3n) is 3.57. The predicted molar refractivity (Wildman–Crippen MR) is 75.0 cm³/mol. The van der Waals surface area contributed by atoms with Crippen molar-refractivity contribution in [2.24, 2.45) is 0 Å². The molecule has 0 saturated carbocycles. The Morgan fingerprint density at radius 1 is 1.40 bits per heavy atom. The second-order valence-corrected chi connectivity index (χ2v) is 5.40. The molecule has 1 unspecified atom stereocenters. The smallest absolute Gasteiger partial charge is 0.247 e. The zero-order valence-corrected chi connectivity index (χ0v) is 11.6. The Bertz CT molecular complexity index is 582. The third-order valence-corrected chi connectivity index (χ3v) is 3.57. The van der Waals surface area contributed by atoms with Gasteiger partial charge in [-0.2, -0.15) is 0 Å². The summed E-state index contributed by atoms with van der Waals surface area (Å²) in [6.45, 7) is 4.30. The van der Waals surface area contributed by atoms with E-state index in [1.54, 1.807) is 0 Å². The molecule has 1 saturated heterocycles. The molecule has 1 aliphatic heterocycles. The maximum absolute atomic E-state index is 9.66. The van der Waals surface area contributed by atoms with Gasteiger partial charge in [0.2, 0.25) is 11.8 Å². The van der Waals surface area contributed by atoms with Crippen molar-refractivity contribution in [2.75, 3.05) is 13.1 Å². The molecule has 1 atom stereocenters. The maximum Gasteiger partial charge on any atom is 0.247 e. The highest BCUT2D eigenvalue weighted by atomic mass is 16.4. The molecule has 5 nitrogen and oxygen atoms in total. The second-order valence-electron chi connectivity index (χ2n) is 5.40. The van der Waals surface area contributed by atoms with E-state index in [1.165, 1.54) is 5.56 Å². The van der Waals surface area contributed by atoms with Crippen LogP contribution in [0.15, 0.2) is 28.7 Å². The summed E-state index contributed by atoms with van der Waals surface area (Å²) < 4.78 is 5.72. The van der Waals surface area contributed by atoms with Gasteiger partial charge in [0.05, 0.1) is 12.6 Å². The van der Waals surface area contributed by atoms with Crippen LogP contribution in [0.5, 0.6) is 0 Å². The molecule has 2 heterocycles. The fraction of sp³-hybridized carbons (Fsp3) is 0.467. The monoisotopic (exact) mass is 273 g/mol. The third kappa shape index (κ3) is 3.05. The van der Waals surface area contributed by atoms with Crippen molar-refractivity contribution in [3.63, 3.8) is 0 Å². The fourth-order valence-electron chi connectivity index (χ4n) is 2.58. The largest absolute Gasteiger partial charge is 0.419 e. The number of likely N-dealkylation sites (tertiary alicyclic amines) is 1. The quantitative estimate of drug-likeness (QED) is 0.926. The molecule has 1 aromatic heterocycles. The molecule has 0 bridgehead atoms. The van der Waals surface area contributed by atoms with Crippen LogP contribution in [-0.4, -0.2) is 39.4 Å². The number of benzene rings is 1. The minimum Gasteiger partial charge on any atom is -0.419 e. The first kappa shape index (κ1) is 13.3. The number of aliphatic hydroxyl groups excluding tert-OH is 1. The molecule has 106 valence electrons. The molecule has 0 radical (unpaired) electrons. The van der Waals surface area contributed by atoms with Gasteiger partial charge in [-0.05, 0) is 38.4 Å². The van der Waals surface area contributed by atoms with Crippen molar-refractivity contribution < 1.29 is 9.52 Å². The lowest BCUT2D eigenvalue weighted by Crippen LogP contribution is -2.37. The Morgan fingerprint density at radius 2 is 2.30 bits per heavy atom. The maximum atomic E-state index is 9.66. The summed E-state index contributed by atoms with van der Waals surface area (Å²) in [4.78, 5) is 2.15. The van der Waals surface area contributed by atoms with Crippen LogP contribution < -0.4 is 0 Å². The van der Waals surface area contributed by atoms with E-state index in [-0.39, 0.29) is 6.10 Å². The summed E-state index contributed by atoms with van der Waals surface area (Å²) in [6.07, 6.45) is 1.66. The summed E-state index contributed by atoms with van der Waals surface area (Å²) in [5.41, 5.74) is 2.11. The SMILES string of the molecule is Cc1cccc(-c2nnc(CN3CCCC(O)C3)o2)c1. The molecule has 20 heavy (non-hydrogen) atoms. The van der Waals surface area contributed by atoms with Crippen LogP contribution in [0.3, 0.4) is 0 Å². The van der Waals surface area contributed by atoms with E-state index in [1.807, 2.05) is 31.2 Å². The molecule has 0 spiro atoms. The van der Waals surface area contributed by atoms with Crippen molar-refractivity contribution in [2.45, 2.75) is 32.4 Å². The number of aliphatic hydroxyl groups is 1. The van der Waals surface area contributed by atoms with Crippen LogP contribution in [0.25, 0.3) is 11.5 Å². The molecule has 0 amide bonds. The zero-order valence-electron chi connectivity index (χ0n) is 11.6. The molecule has 3 rings (SSSR count). The van der Waals surface area contributed by atoms with Crippen molar-refractivity contribution in [3.8, 4) is 11.5 Å². The van der Waals surface area contributed by atoms with E-state index in [2.05, 4.69) is 15.1 Å². The molecule has 1 aromatic carbocycles. The topological polar surface area (TPSA) is 62.4 Å². The average Bonchev–Trinajstić information content (AvgIpc) is 2.87. The Hall–Kier alpha value is -1.72. The standard InChI is InChI=1S/C15H19N3O2/c1-11-4-2-5-12(8-11)15-17-16-14(20-15)10-18-7-3-6-13(19)9-18/h2,4-5,8,13,19H,3,6-7,9-10H2,1H3. The highest BCUT2D eigenvalue weighted by Gasteiger charge is 2.20. The highest BCUT2D eigenvalue weighted by Crippen LogP contribution is 2.20. The Morgan fingerprint density at radius 3 is 3.10 bits per heavy atom. The van der Waals surface area contributed by atoms with Gasteiger partial charge < -0.3 is 9.52 Å². The van der Waals surface area contributed by atoms with E-state index >= 15 is 0 Å². The van der Waals surface area contributed by atoms with Crippen LogP contribution in [0, 0.1) is 6.92 Å². The summed E-state index contributed by atoms with van der Waals surface area (Å²) >= 11 is 0. The van der Waals surface area contributed by atoms with Gasteiger partial charge in [-0.25, -0.2) is 0 Å². The number of piperidine rings is 1. The first-order chi connectivity index (χ1) is 9.70. The van der Waals surface area contributed by atoms with Crippen molar-refractivity contribution in [1.29, 1.82) is 0 Å².